The third-order valence-corrected chi connectivity index (χ3v) is 2.28. The lowest BCUT2D eigenvalue weighted by atomic mass is 10.3. The minimum atomic E-state index is -0.491. The number of amides is 1. The molecule has 0 saturated heterocycles. The van der Waals surface area contributed by atoms with Crippen LogP contribution < -0.4 is 15.8 Å². The maximum Gasteiger partial charge on any atom is 0.255 e. The second-order valence-electron chi connectivity index (χ2n) is 3.71. The molecule has 18 heavy (non-hydrogen) atoms. The molecule has 0 spiro atoms. The summed E-state index contributed by atoms with van der Waals surface area (Å²) in [6, 6.07) is 11.0. The molecule has 0 bridgehead atoms. The zero-order chi connectivity index (χ0) is 12.8. The van der Waals surface area contributed by atoms with Crippen molar-refractivity contribution < 1.29 is 13.9 Å². The molecular weight excluding hydrogens is 232 g/mol. The van der Waals surface area contributed by atoms with Crippen molar-refractivity contribution in [2.75, 3.05) is 11.9 Å². The van der Waals surface area contributed by atoms with E-state index in [9.17, 15) is 4.79 Å². The second-order valence-corrected chi connectivity index (χ2v) is 3.71. The van der Waals surface area contributed by atoms with Gasteiger partial charge in [-0.3, -0.25) is 4.79 Å². The van der Waals surface area contributed by atoms with Gasteiger partial charge in [-0.1, -0.05) is 0 Å². The number of anilines is 1. The number of carbonyl (C=O) groups excluding carboxylic acids is 1. The van der Waals surface area contributed by atoms with Crippen LogP contribution in [0.2, 0.25) is 0 Å². The fourth-order valence-corrected chi connectivity index (χ4v) is 1.43. The highest BCUT2D eigenvalue weighted by Crippen LogP contribution is 2.16. The fraction of sp³-hybridized carbons (Fsp3) is 0.154. The Morgan fingerprint density at radius 3 is 2.67 bits per heavy atom. The standard InChI is InChI=1S/C13H14N2O3/c14-13(16)9-18-11-5-3-10(4-6-11)15-8-12-2-1-7-17-12/h1-7,15H,8-9H2,(H2,14,16). The number of benzene rings is 1. The van der Waals surface area contributed by atoms with E-state index >= 15 is 0 Å². The van der Waals surface area contributed by atoms with Crippen LogP contribution in [0.25, 0.3) is 0 Å². The first-order chi connectivity index (χ1) is 8.74. The number of nitrogens with two attached hydrogens (primary N) is 1. The highest BCUT2D eigenvalue weighted by Gasteiger charge is 1.99. The molecule has 94 valence electrons. The summed E-state index contributed by atoms with van der Waals surface area (Å²) in [7, 11) is 0. The topological polar surface area (TPSA) is 77.5 Å². The van der Waals surface area contributed by atoms with Crippen LogP contribution in [-0.2, 0) is 11.3 Å². The summed E-state index contributed by atoms with van der Waals surface area (Å²) in [5.41, 5.74) is 5.93. The van der Waals surface area contributed by atoms with E-state index in [2.05, 4.69) is 5.32 Å². The predicted molar refractivity (Wildman–Crippen MR) is 67.2 cm³/mol. The lowest BCUT2D eigenvalue weighted by Crippen LogP contribution is -2.19. The molecule has 0 saturated carbocycles. The van der Waals surface area contributed by atoms with E-state index in [4.69, 9.17) is 14.9 Å². The molecule has 0 aliphatic rings. The van der Waals surface area contributed by atoms with Crippen LogP contribution in [0.15, 0.2) is 47.1 Å². The lowest BCUT2D eigenvalue weighted by Gasteiger charge is -2.06. The first-order valence-corrected chi connectivity index (χ1v) is 5.51. The van der Waals surface area contributed by atoms with Crippen molar-refractivity contribution >= 4 is 11.6 Å². The van der Waals surface area contributed by atoms with Gasteiger partial charge in [0.1, 0.15) is 11.5 Å². The molecular formula is C13H14N2O3. The summed E-state index contributed by atoms with van der Waals surface area (Å²) in [5, 5.41) is 3.20. The van der Waals surface area contributed by atoms with Crippen molar-refractivity contribution in [3.8, 4) is 5.75 Å². The van der Waals surface area contributed by atoms with Gasteiger partial charge in [0.15, 0.2) is 6.61 Å². The maximum absolute atomic E-state index is 10.5. The Labute approximate surface area is 105 Å². The summed E-state index contributed by atoms with van der Waals surface area (Å²) in [6.45, 7) is 0.508. The van der Waals surface area contributed by atoms with E-state index < -0.39 is 5.91 Å². The number of furan rings is 1. The average molecular weight is 246 g/mol. The molecule has 0 atom stereocenters. The predicted octanol–water partition coefficient (Wildman–Crippen LogP) is 1.76. The fourth-order valence-electron chi connectivity index (χ4n) is 1.43. The SMILES string of the molecule is NC(=O)COc1ccc(NCc2ccco2)cc1. The van der Waals surface area contributed by atoms with Gasteiger partial charge in [-0.25, -0.2) is 0 Å². The molecule has 0 aliphatic carbocycles. The molecule has 1 heterocycles. The number of rotatable bonds is 6. The number of carbonyl (C=O) groups is 1. The third-order valence-electron chi connectivity index (χ3n) is 2.28. The van der Waals surface area contributed by atoms with E-state index in [-0.39, 0.29) is 6.61 Å². The van der Waals surface area contributed by atoms with Crippen LogP contribution in [0.5, 0.6) is 5.75 Å². The summed E-state index contributed by atoms with van der Waals surface area (Å²) in [4.78, 5) is 10.5. The summed E-state index contributed by atoms with van der Waals surface area (Å²) in [6.07, 6.45) is 1.64. The minimum Gasteiger partial charge on any atom is -0.484 e. The number of hydrogen-bond donors (Lipinski definition) is 2. The molecule has 1 amide bonds. The van der Waals surface area contributed by atoms with Crippen molar-refractivity contribution in [1.82, 2.24) is 0 Å². The van der Waals surface area contributed by atoms with Gasteiger partial charge in [0, 0.05) is 5.69 Å². The molecule has 1 aromatic carbocycles. The van der Waals surface area contributed by atoms with Crippen molar-refractivity contribution in [2.45, 2.75) is 6.54 Å². The Morgan fingerprint density at radius 1 is 1.28 bits per heavy atom. The Kier molecular flexibility index (Phi) is 3.86. The van der Waals surface area contributed by atoms with E-state index in [1.54, 1.807) is 18.4 Å². The van der Waals surface area contributed by atoms with E-state index in [1.165, 1.54) is 0 Å². The first-order valence-electron chi connectivity index (χ1n) is 5.51. The normalized spacial score (nSPS) is 10.0. The van der Waals surface area contributed by atoms with Crippen LogP contribution in [0.3, 0.4) is 0 Å². The summed E-state index contributed by atoms with van der Waals surface area (Å²) >= 11 is 0. The molecule has 5 heteroatoms. The van der Waals surface area contributed by atoms with Gasteiger partial charge in [0.05, 0.1) is 12.8 Å². The average Bonchev–Trinajstić information content (AvgIpc) is 2.88. The van der Waals surface area contributed by atoms with Gasteiger partial charge in [-0.15, -0.1) is 0 Å². The van der Waals surface area contributed by atoms with Crippen LogP contribution >= 0.6 is 0 Å². The van der Waals surface area contributed by atoms with Gasteiger partial charge in [0.25, 0.3) is 5.91 Å². The molecule has 2 rings (SSSR count). The van der Waals surface area contributed by atoms with Gasteiger partial charge in [0.2, 0.25) is 0 Å². The summed E-state index contributed by atoms with van der Waals surface area (Å²) in [5.74, 6) is 0.983. The Hall–Kier alpha value is -2.43. The monoisotopic (exact) mass is 246 g/mol. The van der Waals surface area contributed by atoms with Crippen molar-refractivity contribution in [3.63, 3.8) is 0 Å². The highest BCUT2D eigenvalue weighted by atomic mass is 16.5. The largest absolute Gasteiger partial charge is 0.484 e. The zero-order valence-corrected chi connectivity index (χ0v) is 9.76. The Morgan fingerprint density at radius 2 is 2.06 bits per heavy atom. The quantitative estimate of drug-likeness (QED) is 0.814. The van der Waals surface area contributed by atoms with Crippen molar-refractivity contribution in [1.29, 1.82) is 0 Å². The molecule has 0 fully saturated rings. The molecule has 0 unspecified atom stereocenters. The van der Waals surface area contributed by atoms with E-state index in [0.29, 0.717) is 12.3 Å². The van der Waals surface area contributed by atoms with Gasteiger partial charge >= 0.3 is 0 Å². The van der Waals surface area contributed by atoms with Crippen LogP contribution in [0.1, 0.15) is 5.76 Å². The summed E-state index contributed by atoms with van der Waals surface area (Å²) < 4.78 is 10.4. The molecule has 2 aromatic rings. The number of ether oxygens (including phenoxy) is 1. The van der Waals surface area contributed by atoms with Gasteiger partial charge < -0.3 is 20.2 Å². The molecule has 5 nitrogen and oxygen atoms in total. The number of nitrogens with one attached hydrogen (secondary N) is 1. The van der Waals surface area contributed by atoms with Crippen LogP contribution in [0.4, 0.5) is 5.69 Å². The van der Waals surface area contributed by atoms with Gasteiger partial charge in [-0.05, 0) is 36.4 Å². The Balaban J connectivity index is 1.85. The van der Waals surface area contributed by atoms with Crippen molar-refractivity contribution in [3.05, 3.63) is 48.4 Å². The Bertz CT molecular complexity index is 491. The number of hydrogen-bond acceptors (Lipinski definition) is 4. The van der Waals surface area contributed by atoms with Crippen LogP contribution in [-0.4, -0.2) is 12.5 Å². The van der Waals surface area contributed by atoms with Gasteiger partial charge in [-0.2, -0.15) is 0 Å². The molecule has 0 aliphatic heterocycles. The van der Waals surface area contributed by atoms with Crippen LogP contribution in [0, 0.1) is 0 Å². The molecule has 0 radical (unpaired) electrons. The minimum absolute atomic E-state index is 0.112. The highest BCUT2D eigenvalue weighted by molar-refractivity contribution is 5.75. The number of primary amides is 1. The smallest absolute Gasteiger partial charge is 0.255 e. The molecule has 1 aromatic heterocycles. The zero-order valence-electron chi connectivity index (χ0n) is 9.76. The van der Waals surface area contributed by atoms with E-state index in [1.807, 2.05) is 24.3 Å². The lowest BCUT2D eigenvalue weighted by molar-refractivity contribution is -0.119. The van der Waals surface area contributed by atoms with E-state index in [0.717, 1.165) is 11.4 Å². The molecule has 3 N–H and O–H groups in total. The van der Waals surface area contributed by atoms with Crippen molar-refractivity contribution in [2.24, 2.45) is 5.73 Å². The maximum atomic E-state index is 10.5. The second kappa shape index (κ2) is 5.77. The first kappa shape index (κ1) is 12.0. The third kappa shape index (κ3) is 3.55.